The van der Waals surface area contributed by atoms with Gasteiger partial charge in [0.2, 0.25) is 0 Å². The van der Waals surface area contributed by atoms with Crippen LogP contribution in [0.3, 0.4) is 0 Å². The van der Waals surface area contributed by atoms with E-state index in [0.29, 0.717) is 12.8 Å². The first-order valence-corrected chi connectivity index (χ1v) is 10.5. The Bertz CT molecular complexity index is 607. The summed E-state index contributed by atoms with van der Waals surface area (Å²) < 4.78 is 10.00. The summed E-state index contributed by atoms with van der Waals surface area (Å²) in [6, 6.07) is 0. The molecule has 0 fully saturated rings. The first-order valence-electron chi connectivity index (χ1n) is 10.5. The van der Waals surface area contributed by atoms with Crippen molar-refractivity contribution in [3.05, 3.63) is 47.6 Å². The summed E-state index contributed by atoms with van der Waals surface area (Å²) in [7, 11) is 2.64. The van der Waals surface area contributed by atoms with Gasteiger partial charge in [-0.05, 0) is 72.1 Å². The highest BCUT2D eigenvalue weighted by atomic mass is 16.5. The molecule has 0 aromatic rings. The molecule has 0 amide bonds. The number of esters is 2. The molecule has 0 aliphatic rings. The molecule has 0 rings (SSSR count). The highest BCUT2D eigenvalue weighted by molar-refractivity contribution is 6.00. The van der Waals surface area contributed by atoms with Gasteiger partial charge in [-0.15, -0.1) is 6.58 Å². The predicted octanol–water partition coefficient (Wildman–Crippen LogP) is 6.48. The Hall–Kier alpha value is -2.10. The molecule has 0 aromatic heterocycles. The molecule has 4 heteroatoms. The molecule has 0 N–H and O–H groups in total. The Labute approximate surface area is 177 Å². The maximum Gasteiger partial charge on any atom is 0.323 e. The summed E-state index contributed by atoms with van der Waals surface area (Å²) in [6.07, 6.45) is 14.3. The summed E-state index contributed by atoms with van der Waals surface area (Å²) in [5.74, 6) is -1.06. The monoisotopic (exact) mass is 404 g/mol. The van der Waals surface area contributed by atoms with Gasteiger partial charge in [-0.25, -0.2) is 0 Å². The molecule has 0 aliphatic carbocycles. The van der Waals surface area contributed by atoms with Crippen molar-refractivity contribution >= 4 is 11.9 Å². The molecule has 0 aromatic carbocycles. The first kappa shape index (κ1) is 26.9. The van der Waals surface area contributed by atoms with E-state index in [1.54, 1.807) is 0 Å². The Morgan fingerprint density at radius 1 is 0.828 bits per heavy atom. The first-order chi connectivity index (χ1) is 13.8. The van der Waals surface area contributed by atoms with Gasteiger partial charge in [-0.1, -0.05) is 47.9 Å². The lowest BCUT2D eigenvalue weighted by molar-refractivity contribution is -0.169. The predicted molar refractivity (Wildman–Crippen MR) is 121 cm³/mol. The molecule has 0 radical (unpaired) electrons. The summed E-state index contributed by atoms with van der Waals surface area (Å²) >= 11 is 0. The lowest BCUT2D eigenvalue weighted by atomic mass is 9.79. The summed E-state index contributed by atoms with van der Waals surface area (Å²) in [4.78, 5) is 25.2. The topological polar surface area (TPSA) is 52.6 Å². The minimum absolute atomic E-state index is 0.288. The average Bonchev–Trinajstić information content (AvgIpc) is 2.73. The number of carbonyl (C=O) groups is 2. The minimum atomic E-state index is -1.30. The SMILES string of the molecule is C=CCC/C(C)=C/CC/C(C)=C/CC(CC/C=C(\C)CC)(C(=O)OC)C(=O)OC. The van der Waals surface area contributed by atoms with Crippen molar-refractivity contribution in [2.75, 3.05) is 14.2 Å². The van der Waals surface area contributed by atoms with Crippen LogP contribution in [-0.4, -0.2) is 26.2 Å². The second-order valence-corrected chi connectivity index (χ2v) is 7.68. The minimum Gasteiger partial charge on any atom is -0.468 e. The quantitative estimate of drug-likeness (QED) is 0.189. The number of ether oxygens (including phenoxy) is 2. The second kappa shape index (κ2) is 14.8. The van der Waals surface area contributed by atoms with E-state index in [2.05, 4.69) is 32.6 Å². The van der Waals surface area contributed by atoms with Crippen LogP contribution in [0.25, 0.3) is 0 Å². The smallest absolute Gasteiger partial charge is 0.323 e. The van der Waals surface area contributed by atoms with Crippen molar-refractivity contribution in [1.29, 1.82) is 0 Å². The van der Waals surface area contributed by atoms with E-state index >= 15 is 0 Å². The van der Waals surface area contributed by atoms with E-state index in [1.807, 2.05) is 26.0 Å². The number of carbonyl (C=O) groups excluding carboxylic acids is 2. The molecule has 0 saturated heterocycles. The zero-order valence-corrected chi connectivity index (χ0v) is 19.3. The number of hydrogen-bond acceptors (Lipinski definition) is 4. The summed E-state index contributed by atoms with van der Waals surface area (Å²) in [6.45, 7) is 12.0. The zero-order chi connectivity index (χ0) is 22.3. The summed E-state index contributed by atoms with van der Waals surface area (Å²) in [5.41, 5.74) is 2.44. The fraction of sp³-hybridized carbons (Fsp3) is 0.600. The van der Waals surface area contributed by atoms with Crippen LogP contribution in [0, 0.1) is 5.41 Å². The van der Waals surface area contributed by atoms with Crippen LogP contribution in [0.5, 0.6) is 0 Å². The van der Waals surface area contributed by atoms with Gasteiger partial charge in [-0.2, -0.15) is 0 Å². The standard InChI is InChI=1S/C25H40O4/c1-8-10-13-21(4)14-11-15-22(5)17-19-25(23(26)28-6,24(27)29-7)18-12-16-20(3)9-2/h8,14,16-17H,1,9-13,15,18-19H2,2-7H3/b20-16+,21-14+,22-17+. The third-order valence-electron chi connectivity index (χ3n) is 5.35. The molecular weight excluding hydrogens is 364 g/mol. The van der Waals surface area contributed by atoms with Crippen LogP contribution < -0.4 is 0 Å². The third-order valence-corrected chi connectivity index (χ3v) is 5.35. The molecule has 0 saturated carbocycles. The van der Waals surface area contributed by atoms with Crippen LogP contribution in [0.2, 0.25) is 0 Å². The highest BCUT2D eigenvalue weighted by Crippen LogP contribution is 2.33. The molecule has 0 bridgehead atoms. The molecule has 0 atom stereocenters. The van der Waals surface area contributed by atoms with Crippen molar-refractivity contribution in [1.82, 2.24) is 0 Å². The molecule has 0 unspecified atom stereocenters. The fourth-order valence-corrected chi connectivity index (χ4v) is 3.08. The Kier molecular flexibility index (Phi) is 13.8. The van der Waals surface area contributed by atoms with Crippen LogP contribution in [0.4, 0.5) is 0 Å². The summed E-state index contributed by atoms with van der Waals surface area (Å²) in [5, 5.41) is 0. The van der Waals surface area contributed by atoms with Gasteiger partial charge in [0, 0.05) is 0 Å². The van der Waals surface area contributed by atoms with Gasteiger partial charge in [0.05, 0.1) is 14.2 Å². The molecular formula is C25H40O4. The number of methoxy groups -OCH3 is 2. The number of hydrogen-bond donors (Lipinski definition) is 0. The molecule has 0 spiro atoms. The van der Waals surface area contributed by atoms with Crippen molar-refractivity contribution in [3.63, 3.8) is 0 Å². The maximum atomic E-state index is 12.6. The number of allylic oxidation sites excluding steroid dienone is 7. The van der Waals surface area contributed by atoms with E-state index in [0.717, 1.165) is 37.7 Å². The van der Waals surface area contributed by atoms with Gasteiger partial charge in [0.15, 0.2) is 5.41 Å². The second-order valence-electron chi connectivity index (χ2n) is 7.68. The van der Waals surface area contributed by atoms with E-state index in [-0.39, 0.29) is 6.42 Å². The van der Waals surface area contributed by atoms with Gasteiger partial charge < -0.3 is 9.47 Å². The van der Waals surface area contributed by atoms with Crippen molar-refractivity contribution in [2.24, 2.45) is 5.41 Å². The lowest BCUT2D eigenvalue weighted by Crippen LogP contribution is -2.41. The third kappa shape index (κ3) is 9.78. The molecule has 0 heterocycles. The van der Waals surface area contributed by atoms with Gasteiger partial charge in [0.25, 0.3) is 0 Å². The Morgan fingerprint density at radius 2 is 1.34 bits per heavy atom. The van der Waals surface area contributed by atoms with Crippen molar-refractivity contribution in [3.8, 4) is 0 Å². The van der Waals surface area contributed by atoms with Crippen molar-refractivity contribution < 1.29 is 19.1 Å². The molecule has 0 aliphatic heterocycles. The van der Waals surface area contributed by atoms with Crippen molar-refractivity contribution in [2.45, 2.75) is 79.1 Å². The lowest BCUT2D eigenvalue weighted by Gasteiger charge is -2.27. The van der Waals surface area contributed by atoms with Crippen LogP contribution in [0.1, 0.15) is 79.1 Å². The average molecular weight is 405 g/mol. The van der Waals surface area contributed by atoms with Crippen LogP contribution in [0.15, 0.2) is 47.6 Å². The zero-order valence-electron chi connectivity index (χ0n) is 19.3. The van der Waals surface area contributed by atoms with E-state index in [4.69, 9.17) is 9.47 Å². The molecule has 4 nitrogen and oxygen atoms in total. The largest absolute Gasteiger partial charge is 0.468 e. The van der Waals surface area contributed by atoms with Gasteiger partial charge in [-0.3, -0.25) is 9.59 Å². The van der Waals surface area contributed by atoms with E-state index < -0.39 is 17.4 Å². The Morgan fingerprint density at radius 3 is 1.86 bits per heavy atom. The van der Waals surface area contributed by atoms with E-state index in [1.165, 1.54) is 25.4 Å². The van der Waals surface area contributed by atoms with Gasteiger partial charge >= 0.3 is 11.9 Å². The Balaban J connectivity index is 5.31. The molecule has 29 heavy (non-hydrogen) atoms. The van der Waals surface area contributed by atoms with E-state index in [9.17, 15) is 9.59 Å². The number of rotatable bonds is 14. The molecule has 164 valence electrons. The van der Waals surface area contributed by atoms with Crippen LogP contribution >= 0.6 is 0 Å². The van der Waals surface area contributed by atoms with Gasteiger partial charge in [0.1, 0.15) is 0 Å². The highest BCUT2D eigenvalue weighted by Gasteiger charge is 2.46. The maximum absolute atomic E-state index is 12.6. The fourth-order valence-electron chi connectivity index (χ4n) is 3.08. The van der Waals surface area contributed by atoms with Crippen LogP contribution in [-0.2, 0) is 19.1 Å². The normalized spacial score (nSPS) is 13.2.